The van der Waals surface area contributed by atoms with E-state index in [1.807, 2.05) is 6.07 Å². The highest BCUT2D eigenvalue weighted by atomic mass is 16.4. The second-order valence-corrected chi connectivity index (χ2v) is 4.40. The summed E-state index contributed by atoms with van der Waals surface area (Å²) in [6.07, 6.45) is 7.47. The van der Waals surface area contributed by atoms with E-state index < -0.39 is 11.5 Å². The average Bonchev–Trinajstić information content (AvgIpc) is 2.46. The van der Waals surface area contributed by atoms with Crippen LogP contribution in [0.5, 0.6) is 0 Å². The molecule has 1 aromatic carbocycles. The van der Waals surface area contributed by atoms with Gasteiger partial charge in [-0.15, -0.1) is 12.3 Å². The average molecular weight is 269 g/mol. The fourth-order valence-electron chi connectivity index (χ4n) is 1.87. The molecule has 0 atom stereocenters. The molecule has 102 valence electrons. The number of rotatable bonds is 5. The van der Waals surface area contributed by atoms with E-state index >= 15 is 0 Å². The van der Waals surface area contributed by atoms with Gasteiger partial charge in [0.2, 0.25) is 0 Å². The molecule has 1 N–H and O–H groups in total. The van der Waals surface area contributed by atoms with Crippen LogP contribution >= 0.6 is 0 Å². The highest BCUT2D eigenvalue weighted by Crippen LogP contribution is 2.12. The maximum atomic E-state index is 11.9. The molecule has 1 aromatic heterocycles. The molecular formula is C16H15NO3. The van der Waals surface area contributed by atoms with Gasteiger partial charge in [0.05, 0.1) is 0 Å². The van der Waals surface area contributed by atoms with Crippen molar-refractivity contribution in [1.82, 2.24) is 5.32 Å². The lowest BCUT2D eigenvalue weighted by Gasteiger charge is -2.04. The monoisotopic (exact) mass is 269 g/mol. The summed E-state index contributed by atoms with van der Waals surface area (Å²) >= 11 is 0. The number of fused-ring (bicyclic) bond motifs is 1. The van der Waals surface area contributed by atoms with E-state index in [9.17, 15) is 9.59 Å². The third-order valence-electron chi connectivity index (χ3n) is 2.92. The summed E-state index contributed by atoms with van der Waals surface area (Å²) in [6.45, 7) is 0.493. The van der Waals surface area contributed by atoms with E-state index in [0.717, 1.165) is 18.2 Å². The summed E-state index contributed by atoms with van der Waals surface area (Å²) < 4.78 is 5.12. The lowest BCUT2D eigenvalue weighted by molar-refractivity contribution is 0.0949. The van der Waals surface area contributed by atoms with Gasteiger partial charge in [-0.05, 0) is 25.0 Å². The van der Waals surface area contributed by atoms with Crippen LogP contribution in [0.2, 0.25) is 0 Å². The molecule has 1 amide bonds. The number of carbonyl (C=O) groups is 1. The van der Waals surface area contributed by atoms with Crippen LogP contribution in [0, 0.1) is 12.3 Å². The van der Waals surface area contributed by atoms with Gasteiger partial charge in [-0.2, -0.15) is 0 Å². The zero-order valence-corrected chi connectivity index (χ0v) is 11.0. The zero-order valence-electron chi connectivity index (χ0n) is 11.0. The van der Waals surface area contributed by atoms with E-state index in [1.54, 1.807) is 24.3 Å². The van der Waals surface area contributed by atoms with Crippen LogP contribution in [-0.2, 0) is 0 Å². The minimum atomic E-state index is -0.621. The standard InChI is InChI=1S/C16H15NO3/c1-2-3-4-7-10-17-15(18)13-11-12-8-5-6-9-14(12)20-16(13)19/h1,5-6,8-9,11H,3-4,7,10H2,(H,17,18). The SMILES string of the molecule is C#CCCCCNC(=O)c1cc2ccccc2oc1=O. The largest absolute Gasteiger partial charge is 0.422 e. The number of nitrogens with one attached hydrogen (secondary N) is 1. The maximum absolute atomic E-state index is 11.9. The van der Waals surface area contributed by atoms with Gasteiger partial charge in [-0.1, -0.05) is 18.2 Å². The molecule has 0 aliphatic rings. The smallest absolute Gasteiger partial charge is 0.349 e. The molecule has 1 heterocycles. The van der Waals surface area contributed by atoms with Gasteiger partial charge >= 0.3 is 5.63 Å². The molecule has 0 spiro atoms. The second-order valence-electron chi connectivity index (χ2n) is 4.40. The van der Waals surface area contributed by atoms with Gasteiger partial charge in [0, 0.05) is 18.4 Å². The molecule has 4 heteroatoms. The third-order valence-corrected chi connectivity index (χ3v) is 2.92. The summed E-state index contributed by atoms with van der Waals surface area (Å²) in [6, 6.07) is 8.64. The number of carbonyl (C=O) groups excluding carboxylic acids is 1. The fourth-order valence-corrected chi connectivity index (χ4v) is 1.87. The highest BCUT2D eigenvalue weighted by Gasteiger charge is 2.12. The van der Waals surface area contributed by atoms with Crippen molar-refractivity contribution < 1.29 is 9.21 Å². The van der Waals surface area contributed by atoms with Crippen LogP contribution in [0.15, 0.2) is 39.5 Å². The molecule has 0 radical (unpaired) electrons. The molecule has 0 unspecified atom stereocenters. The quantitative estimate of drug-likeness (QED) is 0.515. The molecule has 2 rings (SSSR count). The molecule has 0 bridgehead atoms. The van der Waals surface area contributed by atoms with Crippen molar-refractivity contribution in [3.63, 3.8) is 0 Å². The van der Waals surface area contributed by atoms with E-state index in [2.05, 4.69) is 11.2 Å². The fraction of sp³-hybridized carbons (Fsp3) is 0.250. The first-order chi connectivity index (χ1) is 9.72. The second kappa shape index (κ2) is 6.58. The van der Waals surface area contributed by atoms with Gasteiger partial charge in [-0.3, -0.25) is 4.79 Å². The van der Waals surface area contributed by atoms with Crippen molar-refractivity contribution in [1.29, 1.82) is 0 Å². The first-order valence-corrected chi connectivity index (χ1v) is 6.47. The molecule has 0 aliphatic carbocycles. The van der Waals surface area contributed by atoms with Crippen molar-refractivity contribution in [3.8, 4) is 12.3 Å². The number of unbranched alkanes of at least 4 members (excludes halogenated alkanes) is 2. The molecule has 0 aliphatic heterocycles. The van der Waals surface area contributed by atoms with Gasteiger partial charge < -0.3 is 9.73 Å². The van der Waals surface area contributed by atoms with Crippen molar-refractivity contribution >= 4 is 16.9 Å². The van der Waals surface area contributed by atoms with E-state index in [1.165, 1.54) is 0 Å². The predicted molar refractivity (Wildman–Crippen MR) is 77.5 cm³/mol. The Balaban J connectivity index is 2.08. The van der Waals surface area contributed by atoms with Crippen molar-refractivity contribution in [2.75, 3.05) is 6.54 Å². The van der Waals surface area contributed by atoms with Gasteiger partial charge in [-0.25, -0.2) is 4.79 Å². The Kier molecular flexibility index (Phi) is 4.56. The number of amides is 1. The first-order valence-electron chi connectivity index (χ1n) is 6.47. The Bertz CT molecular complexity index is 709. The normalized spacial score (nSPS) is 10.2. The summed E-state index contributed by atoms with van der Waals surface area (Å²) in [5, 5.41) is 3.42. The Labute approximate surface area is 116 Å². The highest BCUT2D eigenvalue weighted by molar-refractivity contribution is 5.96. The van der Waals surface area contributed by atoms with E-state index in [4.69, 9.17) is 10.8 Å². The summed E-state index contributed by atoms with van der Waals surface area (Å²) in [7, 11) is 0. The van der Waals surface area contributed by atoms with Gasteiger partial charge in [0.25, 0.3) is 5.91 Å². The van der Waals surface area contributed by atoms with Gasteiger partial charge in [0.1, 0.15) is 11.1 Å². The summed E-state index contributed by atoms with van der Waals surface area (Å²) in [5.74, 6) is 2.13. The minimum Gasteiger partial charge on any atom is -0.422 e. The maximum Gasteiger partial charge on any atom is 0.349 e. The number of hydrogen-bond acceptors (Lipinski definition) is 3. The van der Waals surface area contributed by atoms with Crippen LogP contribution in [0.25, 0.3) is 11.0 Å². The van der Waals surface area contributed by atoms with Crippen LogP contribution < -0.4 is 10.9 Å². The Morgan fingerprint density at radius 1 is 1.30 bits per heavy atom. The predicted octanol–water partition coefficient (Wildman–Crippen LogP) is 2.33. The topological polar surface area (TPSA) is 59.3 Å². The Morgan fingerprint density at radius 3 is 2.90 bits per heavy atom. The lowest BCUT2D eigenvalue weighted by atomic mass is 10.1. The van der Waals surface area contributed by atoms with Crippen molar-refractivity contribution in [2.24, 2.45) is 0 Å². The third kappa shape index (κ3) is 3.27. The molecule has 20 heavy (non-hydrogen) atoms. The number of benzene rings is 1. The molecule has 0 saturated carbocycles. The zero-order chi connectivity index (χ0) is 14.4. The first kappa shape index (κ1) is 13.9. The molecule has 0 saturated heterocycles. The minimum absolute atomic E-state index is 0.0284. The van der Waals surface area contributed by atoms with Crippen LogP contribution in [-0.4, -0.2) is 12.5 Å². The number of para-hydroxylation sites is 1. The van der Waals surface area contributed by atoms with Crippen LogP contribution in [0.4, 0.5) is 0 Å². The summed E-state index contributed by atoms with van der Waals surface area (Å²) in [5.41, 5.74) is -0.117. The Morgan fingerprint density at radius 2 is 2.10 bits per heavy atom. The Hall–Kier alpha value is -2.54. The molecule has 4 nitrogen and oxygen atoms in total. The van der Waals surface area contributed by atoms with Crippen LogP contribution in [0.3, 0.4) is 0 Å². The van der Waals surface area contributed by atoms with Gasteiger partial charge in [0.15, 0.2) is 0 Å². The lowest BCUT2D eigenvalue weighted by Crippen LogP contribution is -2.29. The number of hydrogen-bond donors (Lipinski definition) is 1. The summed E-state index contributed by atoms with van der Waals surface area (Å²) in [4.78, 5) is 23.7. The van der Waals surface area contributed by atoms with Crippen molar-refractivity contribution in [3.05, 3.63) is 46.3 Å². The van der Waals surface area contributed by atoms with Crippen LogP contribution in [0.1, 0.15) is 29.6 Å². The molecule has 2 aromatic rings. The van der Waals surface area contributed by atoms with E-state index in [0.29, 0.717) is 18.5 Å². The van der Waals surface area contributed by atoms with E-state index in [-0.39, 0.29) is 5.56 Å². The van der Waals surface area contributed by atoms with Crippen molar-refractivity contribution in [2.45, 2.75) is 19.3 Å². The molecular weight excluding hydrogens is 254 g/mol. The number of terminal acetylenes is 1. The molecule has 0 fully saturated rings.